The van der Waals surface area contributed by atoms with E-state index in [2.05, 4.69) is 5.32 Å². The highest BCUT2D eigenvalue weighted by Crippen LogP contribution is 2.11. The molecular formula is C17H18FNO3. The monoisotopic (exact) mass is 303 g/mol. The van der Waals surface area contributed by atoms with E-state index in [1.807, 2.05) is 31.2 Å². The molecule has 1 amide bonds. The molecule has 116 valence electrons. The van der Waals surface area contributed by atoms with Gasteiger partial charge in [-0.05, 0) is 43.3 Å². The molecular weight excluding hydrogens is 285 g/mol. The van der Waals surface area contributed by atoms with Gasteiger partial charge in [-0.3, -0.25) is 4.79 Å². The minimum atomic E-state index is -0.311. The first-order valence-corrected chi connectivity index (χ1v) is 6.98. The highest BCUT2D eigenvalue weighted by Gasteiger charge is 2.02. The molecule has 2 aromatic carbocycles. The first kappa shape index (κ1) is 15.8. The fourth-order valence-corrected chi connectivity index (χ4v) is 1.72. The lowest BCUT2D eigenvalue weighted by Gasteiger charge is -2.09. The Bertz CT molecular complexity index is 596. The number of halogens is 1. The fraction of sp³-hybridized carbons (Fsp3) is 0.235. The molecule has 0 aromatic heterocycles. The molecule has 0 radical (unpaired) electrons. The lowest BCUT2D eigenvalue weighted by atomic mass is 10.2. The Morgan fingerprint density at radius 2 is 1.59 bits per heavy atom. The Balaban J connectivity index is 1.61. The zero-order chi connectivity index (χ0) is 15.8. The van der Waals surface area contributed by atoms with Crippen LogP contribution in [0.2, 0.25) is 0 Å². The van der Waals surface area contributed by atoms with E-state index in [-0.39, 0.29) is 18.3 Å². The Morgan fingerprint density at radius 1 is 1.00 bits per heavy atom. The molecule has 22 heavy (non-hydrogen) atoms. The van der Waals surface area contributed by atoms with Crippen molar-refractivity contribution >= 4 is 5.91 Å². The van der Waals surface area contributed by atoms with Crippen molar-refractivity contribution < 1.29 is 18.7 Å². The molecule has 0 aliphatic rings. The summed E-state index contributed by atoms with van der Waals surface area (Å²) in [7, 11) is 0. The Hall–Kier alpha value is -2.56. The van der Waals surface area contributed by atoms with Crippen LogP contribution >= 0.6 is 0 Å². The number of hydrogen-bond donors (Lipinski definition) is 1. The molecule has 1 N–H and O–H groups in total. The van der Waals surface area contributed by atoms with Crippen LogP contribution in [0.4, 0.5) is 4.39 Å². The smallest absolute Gasteiger partial charge is 0.258 e. The van der Waals surface area contributed by atoms with Gasteiger partial charge < -0.3 is 14.8 Å². The SMILES string of the molecule is Cc1ccc(OCC(=O)NCCOc2ccc(F)cc2)cc1. The van der Waals surface area contributed by atoms with Crippen molar-refractivity contribution in [1.29, 1.82) is 0 Å². The molecule has 5 heteroatoms. The number of hydrogen-bond acceptors (Lipinski definition) is 3. The van der Waals surface area contributed by atoms with Crippen molar-refractivity contribution in [3.63, 3.8) is 0 Å². The molecule has 4 nitrogen and oxygen atoms in total. The zero-order valence-corrected chi connectivity index (χ0v) is 12.3. The lowest BCUT2D eigenvalue weighted by molar-refractivity contribution is -0.123. The van der Waals surface area contributed by atoms with Gasteiger partial charge in [0.1, 0.15) is 23.9 Å². The van der Waals surface area contributed by atoms with E-state index in [1.165, 1.54) is 24.3 Å². The van der Waals surface area contributed by atoms with Crippen molar-refractivity contribution in [2.45, 2.75) is 6.92 Å². The van der Waals surface area contributed by atoms with Gasteiger partial charge in [-0.25, -0.2) is 4.39 Å². The Morgan fingerprint density at radius 3 is 2.27 bits per heavy atom. The molecule has 0 spiro atoms. The third-order valence-electron chi connectivity index (χ3n) is 2.90. The second kappa shape index (κ2) is 8.02. The average Bonchev–Trinajstić information content (AvgIpc) is 2.53. The van der Waals surface area contributed by atoms with Gasteiger partial charge in [0.25, 0.3) is 5.91 Å². The Labute approximate surface area is 128 Å². The molecule has 0 unspecified atom stereocenters. The van der Waals surface area contributed by atoms with Gasteiger partial charge in [0.05, 0.1) is 6.54 Å². The van der Waals surface area contributed by atoms with E-state index in [0.717, 1.165) is 5.56 Å². The predicted octanol–water partition coefficient (Wildman–Crippen LogP) is 2.71. The summed E-state index contributed by atoms with van der Waals surface area (Å²) in [6.45, 7) is 2.60. The van der Waals surface area contributed by atoms with Gasteiger partial charge in [0.2, 0.25) is 0 Å². The number of aryl methyl sites for hydroxylation is 1. The molecule has 2 aromatic rings. The minimum Gasteiger partial charge on any atom is -0.492 e. The first-order chi connectivity index (χ1) is 10.6. The lowest BCUT2D eigenvalue weighted by Crippen LogP contribution is -2.32. The first-order valence-electron chi connectivity index (χ1n) is 6.98. The van der Waals surface area contributed by atoms with Crippen LogP contribution in [-0.2, 0) is 4.79 Å². The largest absolute Gasteiger partial charge is 0.492 e. The topological polar surface area (TPSA) is 47.6 Å². The number of carbonyl (C=O) groups excluding carboxylic acids is 1. The summed E-state index contributed by atoms with van der Waals surface area (Å²) >= 11 is 0. The maximum Gasteiger partial charge on any atom is 0.258 e. The molecule has 0 saturated carbocycles. The third-order valence-corrected chi connectivity index (χ3v) is 2.90. The molecule has 0 fully saturated rings. The molecule has 2 rings (SSSR count). The average molecular weight is 303 g/mol. The van der Waals surface area contributed by atoms with Crippen LogP contribution in [0.3, 0.4) is 0 Å². The summed E-state index contributed by atoms with van der Waals surface area (Å²) in [5, 5.41) is 2.68. The van der Waals surface area contributed by atoms with Crippen LogP contribution in [0.15, 0.2) is 48.5 Å². The van der Waals surface area contributed by atoms with Crippen molar-refractivity contribution in [2.75, 3.05) is 19.8 Å². The summed E-state index contributed by atoms with van der Waals surface area (Å²) in [5.41, 5.74) is 1.13. The number of amides is 1. The van der Waals surface area contributed by atoms with Gasteiger partial charge in [-0.1, -0.05) is 17.7 Å². The van der Waals surface area contributed by atoms with Crippen molar-refractivity contribution in [1.82, 2.24) is 5.32 Å². The van der Waals surface area contributed by atoms with Crippen molar-refractivity contribution in [3.8, 4) is 11.5 Å². The van der Waals surface area contributed by atoms with E-state index in [9.17, 15) is 9.18 Å². The summed E-state index contributed by atoms with van der Waals surface area (Å²) in [6.07, 6.45) is 0. The van der Waals surface area contributed by atoms with Gasteiger partial charge in [-0.2, -0.15) is 0 Å². The van der Waals surface area contributed by atoms with Crippen LogP contribution in [0.5, 0.6) is 11.5 Å². The molecule has 0 heterocycles. The number of ether oxygens (including phenoxy) is 2. The minimum absolute atomic E-state index is 0.0421. The quantitative estimate of drug-likeness (QED) is 0.800. The van der Waals surface area contributed by atoms with Crippen LogP contribution < -0.4 is 14.8 Å². The predicted molar refractivity (Wildman–Crippen MR) is 81.6 cm³/mol. The van der Waals surface area contributed by atoms with Crippen molar-refractivity contribution in [2.24, 2.45) is 0 Å². The summed E-state index contributed by atoms with van der Waals surface area (Å²) in [4.78, 5) is 11.6. The molecule has 0 atom stereocenters. The van der Waals surface area contributed by atoms with Crippen LogP contribution in [-0.4, -0.2) is 25.7 Å². The maximum absolute atomic E-state index is 12.7. The van der Waals surface area contributed by atoms with E-state index in [1.54, 1.807) is 0 Å². The highest BCUT2D eigenvalue weighted by molar-refractivity contribution is 5.77. The second-order valence-electron chi connectivity index (χ2n) is 4.75. The normalized spacial score (nSPS) is 10.1. The zero-order valence-electron chi connectivity index (χ0n) is 12.3. The van der Waals surface area contributed by atoms with Crippen LogP contribution in [0.1, 0.15) is 5.56 Å². The summed E-state index contributed by atoms with van der Waals surface area (Å²) in [5.74, 6) is 0.687. The number of benzene rings is 2. The number of rotatable bonds is 7. The van der Waals surface area contributed by atoms with E-state index >= 15 is 0 Å². The summed E-state index contributed by atoms with van der Waals surface area (Å²) < 4.78 is 23.4. The standard InChI is InChI=1S/C17H18FNO3/c1-13-2-6-16(7-3-13)22-12-17(20)19-10-11-21-15-8-4-14(18)5-9-15/h2-9H,10-12H2,1H3,(H,19,20). The van der Waals surface area contributed by atoms with E-state index in [0.29, 0.717) is 24.7 Å². The van der Waals surface area contributed by atoms with E-state index in [4.69, 9.17) is 9.47 Å². The maximum atomic E-state index is 12.7. The molecule has 0 bridgehead atoms. The molecule has 0 aliphatic carbocycles. The van der Waals surface area contributed by atoms with Gasteiger partial charge >= 0.3 is 0 Å². The number of nitrogens with one attached hydrogen (secondary N) is 1. The fourth-order valence-electron chi connectivity index (χ4n) is 1.72. The van der Waals surface area contributed by atoms with Gasteiger partial charge in [0.15, 0.2) is 6.61 Å². The Kier molecular flexibility index (Phi) is 5.77. The molecule has 0 aliphatic heterocycles. The highest BCUT2D eigenvalue weighted by atomic mass is 19.1. The van der Waals surface area contributed by atoms with Gasteiger partial charge in [-0.15, -0.1) is 0 Å². The summed E-state index contributed by atoms with van der Waals surface area (Å²) in [6, 6.07) is 13.2. The van der Waals surface area contributed by atoms with Crippen LogP contribution in [0, 0.1) is 12.7 Å². The molecule has 0 saturated heterocycles. The van der Waals surface area contributed by atoms with Crippen LogP contribution in [0.25, 0.3) is 0 Å². The second-order valence-corrected chi connectivity index (χ2v) is 4.75. The van der Waals surface area contributed by atoms with Gasteiger partial charge in [0, 0.05) is 0 Å². The third kappa shape index (κ3) is 5.44. The van der Waals surface area contributed by atoms with Crippen molar-refractivity contribution in [3.05, 3.63) is 59.9 Å². The number of carbonyl (C=O) groups is 1. The van der Waals surface area contributed by atoms with E-state index < -0.39 is 0 Å².